The molecule has 1 aliphatic rings. The van der Waals surface area contributed by atoms with Crippen molar-refractivity contribution in [3.05, 3.63) is 35.9 Å². The summed E-state index contributed by atoms with van der Waals surface area (Å²) in [5, 5.41) is 9.27. The lowest BCUT2D eigenvalue weighted by molar-refractivity contribution is -0.149. The number of hydrogen-bond acceptors (Lipinski definition) is 3. The quantitative estimate of drug-likeness (QED) is 0.818. The van der Waals surface area contributed by atoms with Gasteiger partial charge in [0, 0.05) is 23.8 Å². The van der Waals surface area contributed by atoms with E-state index in [-0.39, 0.29) is 23.9 Å². The highest BCUT2D eigenvalue weighted by molar-refractivity contribution is 5.99. The third kappa shape index (κ3) is 3.62. The summed E-state index contributed by atoms with van der Waals surface area (Å²) in [6.45, 7) is 1.80. The molecule has 118 valence electrons. The minimum absolute atomic E-state index is 0.0372. The van der Waals surface area contributed by atoms with Gasteiger partial charge in [-0.25, -0.2) is 0 Å². The highest BCUT2D eigenvalue weighted by atomic mass is 16.4. The highest BCUT2D eigenvalue weighted by Crippen LogP contribution is 2.34. The number of rotatable bonds is 6. The molecule has 0 aromatic heterocycles. The molecule has 3 unspecified atom stereocenters. The summed E-state index contributed by atoms with van der Waals surface area (Å²) in [4.78, 5) is 36.2. The first-order valence-corrected chi connectivity index (χ1v) is 7.89. The van der Waals surface area contributed by atoms with E-state index in [4.69, 9.17) is 0 Å². The molecule has 0 spiro atoms. The molecule has 2 rings (SSSR count). The minimum Gasteiger partial charge on any atom is -0.481 e. The zero-order valence-corrected chi connectivity index (χ0v) is 12.8. The van der Waals surface area contributed by atoms with Crippen LogP contribution in [-0.2, 0) is 9.59 Å². The number of aliphatic carboxylic acids is 1. The Morgan fingerprint density at radius 3 is 2.50 bits per heavy atom. The summed E-state index contributed by atoms with van der Waals surface area (Å²) in [5.41, 5.74) is 0.614. The second kappa shape index (κ2) is 7.34. The molecule has 0 amide bonds. The van der Waals surface area contributed by atoms with Crippen molar-refractivity contribution in [1.82, 2.24) is 0 Å². The van der Waals surface area contributed by atoms with Crippen molar-refractivity contribution in [2.24, 2.45) is 17.8 Å². The minimum atomic E-state index is -0.907. The fraction of sp³-hybridized carbons (Fsp3) is 0.500. The lowest BCUT2D eigenvalue weighted by Crippen LogP contribution is -2.37. The van der Waals surface area contributed by atoms with Crippen molar-refractivity contribution >= 4 is 17.5 Å². The van der Waals surface area contributed by atoms with Crippen LogP contribution in [0, 0.1) is 17.8 Å². The number of benzene rings is 1. The summed E-state index contributed by atoms with van der Waals surface area (Å²) in [6.07, 6.45) is 2.76. The maximum atomic E-state index is 12.6. The van der Waals surface area contributed by atoms with Crippen LogP contribution < -0.4 is 0 Å². The molecule has 0 bridgehead atoms. The van der Waals surface area contributed by atoms with E-state index in [1.807, 2.05) is 6.07 Å². The van der Waals surface area contributed by atoms with Crippen molar-refractivity contribution in [3.8, 4) is 0 Å². The van der Waals surface area contributed by atoms with E-state index >= 15 is 0 Å². The molecule has 1 aromatic rings. The molecule has 1 aromatic carbocycles. The van der Waals surface area contributed by atoms with Crippen molar-refractivity contribution in [1.29, 1.82) is 0 Å². The van der Waals surface area contributed by atoms with Crippen LogP contribution in [0.5, 0.6) is 0 Å². The lowest BCUT2D eigenvalue weighted by Gasteiger charge is -2.30. The Morgan fingerprint density at radius 2 is 1.91 bits per heavy atom. The molecular formula is C18H22O4. The van der Waals surface area contributed by atoms with Crippen molar-refractivity contribution in [3.63, 3.8) is 0 Å². The standard InChI is InChI=1S/C18H22O4/c1-2-14(18(21)22)15-10-6-9-13(17(15)20)11-16(19)12-7-4-3-5-8-12/h3-5,7-8,13-15H,2,6,9-11H2,1H3,(H,21,22). The van der Waals surface area contributed by atoms with Gasteiger partial charge in [0.25, 0.3) is 0 Å². The summed E-state index contributed by atoms with van der Waals surface area (Å²) in [5.74, 6) is -2.38. The van der Waals surface area contributed by atoms with Crippen LogP contribution in [0.1, 0.15) is 49.4 Å². The highest BCUT2D eigenvalue weighted by Gasteiger charge is 2.39. The van der Waals surface area contributed by atoms with Crippen LogP contribution in [-0.4, -0.2) is 22.6 Å². The van der Waals surface area contributed by atoms with Crippen LogP contribution in [0.3, 0.4) is 0 Å². The summed E-state index contributed by atoms with van der Waals surface area (Å²) in [7, 11) is 0. The van der Waals surface area contributed by atoms with Gasteiger partial charge in [-0.2, -0.15) is 0 Å². The van der Waals surface area contributed by atoms with Crippen LogP contribution in [0.2, 0.25) is 0 Å². The Labute approximate surface area is 130 Å². The molecule has 1 fully saturated rings. The maximum Gasteiger partial charge on any atom is 0.307 e. The van der Waals surface area contributed by atoms with E-state index in [9.17, 15) is 19.5 Å². The number of carboxylic acids is 1. The first kappa shape index (κ1) is 16.4. The number of carboxylic acid groups (broad SMARTS) is 1. The van der Waals surface area contributed by atoms with E-state index in [0.717, 1.165) is 6.42 Å². The zero-order valence-electron chi connectivity index (χ0n) is 12.8. The molecule has 22 heavy (non-hydrogen) atoms. The Bertz CT molecular complexity index is 549. The zero-order chi connectivity index (χ0) is 16.1. The van der Waals surface area contributed by atoms with E-state index < -0.39 is 17.8 Å². The predicted molar refractivity (Wildman–Crippen MR) is 82.6 cm³/mol. The van der Waals surface area contributed by atoms with Crippen LogP contribution in [0.15, 0.2) is 30.3 Å². The molecule has 1 saturated carbocycles. The molecule has 3 atom stereocenters. The molecule has 0 saturated heterocycles. The van der Waals surface area contributed by atoms with E-state index in [1.165, 1.54) is 0 Å². The SMILES string of the molecule is CCC(C(=O)O)C1CCCC(CC(=O)c2ccccc2)C1=O. The molecule has 4 nitrogen and oxygen atoms in total. The first-order valence-electron chi connectivity index (χ1n) is 7.89. The predicted octanol–water partition coefficient (Wildman–Crippen LogP) is 3.36. The van der Waals surface area contributed by atoms with Gasteiger partial charge in [-0.15, -0.1) is 0 Å². The number of carbonyl (C=O) groups excluding carboxylic acids is 2. The fourth-order valence-corrected chi connectivity index (χ4v) is 3.37. The van der Waals surface area contributed by atoms with Crippen LogP contribution in [0.25, 0.3) is 0 Å². The fourth-order valence-electron chi connectivity index (χ4n) is 3.37. The number of hydrogen-bond donors (Lipinski definition) is 1. The monoisotopic (exact) mass is 302 g/mol. The number of carbonyl (C=O) groups is 3. The molecule has 0 heterocycles. The average molecular weight is 302 g/mol. The van der Waals surface area contributed by atoms with Gasteiger partial charge < -0.3 is 5.11 Å². The van der Waals surface area contributed by atoms with Crippen LogP contribution >= 0.6 is 0 Å². The number of Topliss-reactive ketones (excluding diaryl/α,β-unsaturated/α-hetero) is 2. The van der Waals surface area contributed by atoms with E-state index in [0.29, 0.717) is 24.8 Å². The lowest BCUT2D eigenvalue weighted by atomic mass is 9.71. The maximum absolute atomic E-state index is 12.6. The van der Waals surface area contributed by atoms with Gasteiger partial charge in [-0.05, 0) is 19.3 Å². The third-order valence-corrected chi connectivity index (χ3v) is 4.61. The Morgan fingerprint density at radius 1 is 1.23 bits per heavy atom. The van der Waals surface area contributed by atoms with Gasteiger partial charge in [-0.3, -0.25) is 14.4 Å². The second-order valence-corrected chi connectivity index (χ2v) is 5.98. The third-order valence-electron chi connectivity index (χ3n) is 4.61. The van der Waals surface area contributed by atoms with Crippen molar-refractivity contribution in [2.75, 3.05) is 0 Å². The smallest absolute Gasteiger partial charge is 0.307 e. The largest absolute Gasteiger partial charge is 0.481 e. The van der Waals surface area contributed by atoms with Crippen molar-refractivity contribution in [2.45, 2.75) is 39.0 Å². The Kier molecular flexibility index (Phi) is 5.47. The first-order chi connectivity index (χ1) is 10.5. The van der Waals surface area contributed by atoms with E-state index in [1.54, 1.807) is 31.2 Å². The van der Waals surface area contributed by atoms with Crippen molar-refractivity contribution < 1.29 is 19.5 Å². The van der Waals surface area contributed by atoms with E-state index in [2.05, 4.69) is 0 Å². The Balaban J connectivity index is 2.07. The van der Waals surface area contributed by atoms with Gasteiger partial charge in [0.15, 0.2) is 5.78 Å². The summed E-state index contributed by atoms with van der Waals surface area (Å²) in [6, 6.07) is 8.95. The topological polar surface area (TPSA) is 71.4 Å². The Hall–Kier alpha value is -1.97. The second-order valence-electron chi connectivity index (χ2n) is 5.98. The molecule has 0 aliphatic heterocycles. The molecule has 1 N–H and O–H groups in total. The van der Waals surface area contributed by atoms with Gasteiger partial charge in [-0.1, -0.05) is 43.7 Å². The van der Waals surface area contributed by atoms with Gasteiger partial charge >= 0.3 is 5.97 Å². The van der Waals surface area contributed by atoms with Gasteiger partial charge in [0.05, 0.1) is 5.92 Å². The summed E-state index contributed by atoms with van der Waals surface area (Å²) < 4.78 is 0. The van der Waals surface area contributed by atoms with Gasteiger partial charge in [0.1, 0.15) is 5.78 Å². The number of ketones is 2. The molecule has 4 heteroatoms. The summed E-state index contributed by atoms with van der Waals surface area (Å²) >= 11 is 0. The van der Waals surface area contributed by atoms with Gasteiger partial charge in [0.2, 0.25) is 0 Å². The normalized spacial score (nSPS) is 23.0. The molecular weight excluding hydrogens is 280 g/mol. The van der Waals surface area contributed by atoms with Crippen LogP contribution in [0.4, 0.5) is 0 Å². The molecule has 1 aliphatic carbocycles. The molecule has 0 radical (unpaired) electrons. The average Bonchev–Trinajstić information content (AvgIpc) is 2.52.